The Morgan fingerprint density at radius 1 is 1.23 bits per heavy atom. The maximum atomic E-state index is 12.0. The topological polar surface area (TPSA) is 79.5 Å². The first kappa shape index (κ1) is 16.5. The molecule has 2 rings (SSSR count). The summed E-state index contributed by atoms with van der Waals surface area (Å²) in [6, 6.07) is 9.65. The quantitative estimate of drug-likeness (QED) is 0.522. The van der Waals surface area contributed by atoms with Gasteiger partial charge in [0.15, 0.2) is 0 Å². The lowest BCUT2D eigenvalue weighted by atomic mass is 10.1. The fourth-order valence-electron chi connectivity index (χ4n) is 2.59. The van der Waals surface area contributed by atoms with Crippen LogP contribution in [0.15, 0.2) is 30.3 Å². The van der Waals surface area contributed by atoms with Crippen molar-refractivity contribution in [3.8, 4) is 0 Å². The lowest BCUT2D eigenvalue weighted by Crippen LogP contribution is -2.45. The first-order valence-electron chi connectivity index (χ1n) is 7.42. The fourth-order valence-corrected chi connectivity index (χ4v) is 2.59. The molecule has 1 aromatic carbocycles. The van der Waals surface area contributed by atoms with E-state index in [2.05, 4.69) is 16.1 Å². The number of amides is 2. The van der Waals surface area contributed by atoms with Gasteiger partial charge >= 0.3 is 7.62 Å². The minimum absolute atomic E-state index is 0.0835. The predicted octanol–water partition coefficient (Wildman–Crippen LogP) is 0.315. The third-order valence-corrected chi connectivity index (χ3v) is 3.76. The molecular formula is C15H21BN3O3. The number of hydrazine groups is 1. The minimum Gasteiger partial charge on any atom is -0.427 e. The molecule has 0 saturated heterocycles. The Bertz CT molecular complexity index is 498. The highest BCUT2D eigenvalue weighted by molar-refractivity contribution is 6.23. The zero-order valence-corrected chi connectivity index (χ0v) is 12.7. The fraction of sp³-hybridized carbons (Fsp3) is 0.467. The van der Waals surface area contributed by atoms with E-state index >= 15 is 0 Å². The molecule has 1 fully saturated rings. The Labute approximate surface area is 131 Å². The third-order valence-electron chi connectivity index (χ3n) is 3.76. The molecule has 1 saturated carbocycles. The molecule has 1 aliphatic rings. The van der Waals surface area contributed by atoms with Crippen LogP contribution in [0, 0.1) is 5.92 Å². The highest BCUT2D eigenvalue weighted by atomic mass is 16.4. The van der Waals surface area contributed by atoms with Crippen LogP contribution >= 0.6 is 0 Å². The molecule has 6 nitrogen and oxygen atoms in total. The van der Waals surface area contributed by atoms with Gasteiger partial charge in [0.1, 0.15) is 0 Å². The largest absolute Gasteiger partial charge is 0.427 e. The number of hydrogen-bond donors (Lipinski definition) is 3. The van der Waals surface area contributed by atoms with Crippen LogP contribution in [0.3, 0.4) is 0 Å². The number of carbonyl (C=O) groups excluding carboxylic acids is 2. The van der Waals surface area contributed by atoms with Crippen molar-refractivity contribution in [3.63, 3.8) is 0 Å². The summed E-state index contributed by atoms with van der Waals surface area (Å²) >= 11 is 0. The Morgan fingerprint density at radius 2 is 2.00 bits per heavy atom. The third kappa shape index (κ3) is 5.16. The van der Waals surface area contributed by atoms with Gasteiger partial charge in [0.05, 0.1) is 6.42 Å². The van der Waals surface area contributed by atoms with Gasteiger partial charge in [-0.05, 0) is 30.9 Å². The average molecular weight is 302 g/mol. The second-order valence-corrected chi connectivity index (χ2v) is 5.43. The van der Waals surface area contributed by atoms with Gasteiger partial charge in [-0.25, -0.2) is 0 Å². The van der Waals surface area contributed by atoms with Gasteiger partial charge in [-0.15, -0.1) is 0 Å². The summed E-state index contributed by atoms with van der Waals surface area (Å²) in [6.45, 7) is 0. The van der Waals surface area contributed by atoms with Crippen molar-refractivity contribution in [2.24, 2.45) is 5.92 Å². The van der Waals surface area contributed by atoms with E-state index in [4.69, 9.17) is 4.65 Å². The lowest BCUT2D eigenvalue weighted by molar-refractivity contribution is -0.130. The van der Waals surface area contributed by atoms with E-state index in [-0.39, 0.29) is 30.2 Å². The van der Waals surface area contributed by atoms with E-state index in [1.165, 1.54) is 7.62 Å². The van der Waals surface area contributed by atoms with E-state index in [0.717, 1.165) is 24.8 Å². The van der Waals surface area contributed by atoms with Crippen molar-refractivity contribution < 1.29 is 14.2 Å². The van der Waals surface area contributed by atoms with Crippen molar-refractivity contribution >= 4 is 19.4 Å². The zero-order valence-electron chi connectivity index (χ0n) is 12.7. The molecule has 2 unspecified atom stereocenters. The highest BCUT2D eigenvalue weighted by Crippen LogP contribution is 2.25. The molecule has 117 valence electrons. The maximum absolute atomic E-state index is 12.0. The smallest absolute Gasteiger partial charge is 0.395 e. The summed E-state index contributed by atoms with van der Waals surface area (Å²) in [7, 11) is 3.11. The van der Waals surface area contributed by atoms with Gasteiger partial charge < -0.3 is 9.88 Å². The van der Waals surface area contributed by atoms with Crippen molar-refractivity contribution in [2.75, 3.05) is 7.11 Å². The van der Waals surface area contributed by atoms with E-state index < -0.39 is 0 Å². The van der Waals surface area contributed by atoms with Gasteiger partial charge in [0.2, 0.25) is 11.8 Å². The summed E-state index contributed by atoms with van der Waals surface area (Å²) in [5.41, 5.74) is 5.90. The first-order chi connectivity index (χ1) is 10.7. The molecule has 2 atom stereocenters. The summed E-state index contributed by atoms with van der Waals surface area (Å²) in [5.74, 6) is -0.442. The van der Waals surface area contributed by atoms with Crippen LogP contribution in [0.4, 0.5) is 0 Å². The van der Waals surface area contributed by atoms with Crippen molar-refractivity contribution in [2.45, 2.75) is 31.7 Å². The number of rotatable bonds is 6. The standard InChI is InChI=1S/C15H21BN3O3/c1-22-16-17-13-8-7-12(10-13)15(21)19-18-14(20)9-11-5-3-2-4-6-11/h2-6,12-13,17H,7-10H2,1H3,(H,18,20)(H,19,21). The second kappa shape index (κ2) is 8.55. The van der Waals surface area contributed by atoms with E-state index in [9.17, 15) is 9.59 Å². The normalized spacial score (nSPS) is 20.4. The summed E-state index contributed by atoms with van der Waals surface area (Å²) in [5, 5.41) is 3.10. The lowest BCUT2D eigenvalue weighted by Gasteiger charge is -2.13. The molecule has 22 heavy (non-hydrogen) atoms. The molecule has 0 spiro atoms. The zero-order chi connectivity index (χ0) is 15.8. The molecule has 7 heteroatoms. The molecule has 1 radical (unpaired) electrons. The minimum atomic E-state index is -0.222. The summed E-state index contributed by atoms with van der Waals surface area (Å²) in [6.07, 6.45) is 2.70. The van der Waals surface area contributed by atoms with Crippen molar-refractivity contribution in [3.05, 3.63) is 35.9 Å². The van der Waals surface area contributed by atoms with E-state index in [1.54, 1.807) is 7.11 Å². The Kier molecular flexibility index (Phi) is 6.42. The van der Waals surface area contributed by atoms with E-state index in [1.807, 2.05) is 30.3 Å². The molecule has 1 aliphatic carbocycles. The van der Waals surface area contributed by atoms with Gasteiger partial charge in [-0.1, -0.05) is 30.3 Å². The molecule has 0 bridgehead atoms. The summed E-state index contributed by atoms with van der Waals surface area (Å²) < 4.78 is 4.84. The van der Waals surface area contributed by atoms with E-state index in [0.29, 0.717) is 0 Å². The molecule has 3 N–H and O–H groups in total. The van der Waals surface area contributed by atoms with Gasteiger partial charge in [0, 0.05) is 13.0 Å². The number of benzene rings is 1. The van der Waals surface area contributed by atoms with Crippen LogP contribution in [0.25, 0.3) is 0 Å². The molecule has 0 aliphatic heterocycles. The molecular weight excluding hydrogens is 281 g/mol. The Balaban J connectivity index is 1.68. The molecule has 0 aromatic heterocycles. The number of carbonyl (C=O) groups is 2. The predicted molar refractivity (Wildman–Crippen MR) is 83.5 cm³/mol. The van der Waals surface area contributed by atoms with Crippen LogP contribution in [0.5, 0.6) is 0 Å². The Hall–Kier alpha value is -1.86. The number of nitrogens with one attached hydrogen (secondary N) is 3. The van der Waals surface area contributed by atoms with Crippen LogP contribution in [-0.2, 0) is 20.7 Å². The van der Waals surface area contributed by atoms with Crippen LogP contribution in [-0.4, -0.2) is 32.6 Å². The highest BCUT2D eigenvalue weighted by Gasteiger charge is 2.29. The second-order valence-electron chi connectivity index (χ2n) is 5.43. The monoisotopic (exact) mass is 302 g/mol. The molecule has 1 aromatic rings. The number of hydrogen-bond acceptors (Lipinski definition) is 4. The SMILES string of the molecule is CO[B]NC1CCC(C(=O)NNC(=O)Cc2ccccc2)C1. The average Bonchev–Trinajstić information content (AvgIpc) is 3.00. The summed E-state index contributed by atoms with van der Waals surface area (Å²) in [4.78, 5) is 23.8. The van der Waals surface area contributed by atoms with Crippen molar-refractivity contribution in [1.82, 2.24) is 16.1 Å². The first-order valence-corrected chi connectivity index (χ1v) is 7.42. The van der Waals surface area contributed by atoms with Crippen LogP contribution < -0.4 is 16.1 Å². The van der Waals surface area contributed by atoms with Crippen molar-refractivity contribution in [1.29, 1.82) is 0 Å². The molecule has 2 amide bonds. The van der Waals surface area contributed by atoms with Gasteiger partial charge in [-0.3, -0.25) is 20.4 Å². The van der Waals surface area contributed by atoms with Gasteiger partial charge in [-0.2, -0.15) is 0 Å². The van der Waals surface area contributed by atoms with Crippen LogP contribution in [0.1, 0.15) is 24.8 Å². The molecule has 0 heterocycles. The maximum Gasteiger partial charge on any atom is 0.395 e. The van der Waals surface area contributed by atoms with Crippen LogP contribution in [0.2, 0.25) is 0 Å². The Morgan fingerprint density at radius 3 is 2.73 bits per heavy atom. The van der Waals surface area contributed by atoms with Gasteiger partial charge in [0.25, 0.3) is 0 Å².